The van der Waals surface area contributed by atoms with Crippen LogP contribution in [0, 0.1) is 5.92 Å². The molecular weight excluding hydrogens is 138 g/mol. The van der Waals surface area contributed by atoms with Crippen LogP contribution in [0.4, 0.5) is 0 Å². The summed E-state index contributed by atoms with van der Waals surface area (Å²) in [6.07, 6.45) is 6.12. The summed E-state index contributed by atoms with van der Waals surface area (Å²) in [4.78, 5) is 2.06. The van der Waals surface area contributed by atoms with E-state index in [2.05, 4.69) is 24.0 Å². The van der Waals surface area contributed by atoms with E-state index < -0.39 is 0 Å². The first kappa shape index (κ1) is 8.34. The molecule has 0 amide bonds. The Hall–Kier alpha value is -0.760. The van der Waals surface area contributed by atoms with Crippen molar-refractivity contribution in [2.45, 2.75) is 6.92 Å². The third-order valence-corrected chi connectivity index (χ3v) is 1.74. The second kappa shape index (κ2) is 3.58. The minimum Gasteiger partial charge on any atom is -0.511 e. The van der Waals surface area contributed by atoms with Crippen LogP contribution < -0.4 is 0 Å². The van der Waals surface area contributed by atoms with Gasteiger partial charge in [-0.1, -0.05) is 19.1 Å². The van der Waals surface area contributed by atoms with Crippen LogP contribution in [0.2, 0.25) is 0 Å². The second-order valence-electron chi connectivity index (χ2n) is 3.14. The van der Waals surface area contributed by atoms with Gasteiger partial charge in [-0.2, -0.15) is 0 Å². The maximum Gasteiger partial charge on any atom is 0.103 e. The van der Waals surface area contributed by atoms with E-state index in [0.29, 0.717) is 18.2 Å². The molecule has 0 aromatic heterocycles. The molecule has 1 unspecified atom stereocenters. The topological polar surface area (TPSA) is 23.5 Å². The first-order chi connectivity index (χ1) is 5.18. The SMILES string of the molecule is CC1C=CCN(C)CC(O)=C1. The van der Waals surface area contributed by atoms with Crippen molar-refractivity contribution in [2.75, 3.05) is 20.1 Å². The Morgan fingerprint density at radius 1 is 1.64 bits per heavy atom. The van der Waals surface area contributed by atoms with Gasteiger partial charge in [0.25, 0.3) is 0 Å². The molecule has 0 fully saturated rings. The van der Waals surface area contributed by atoms with Gasteiger partial charge >= 0.3 is 0 Å². The molecule has 0 spiro atoms. The summed E-state index contributed by atoms with van der Waals surface area (Å²) in [6, 6.07) is 0. The Balaban J connectivity index is 2.65. The maximum atomic E-state index is 9.34. The van der Waals surface area contributed by atoms with Crippen molar-refractivity contribution in [2.24, 2.45) is 5.92 Å². The quantitative estimate of drug-likeness (QED) is 0.534. The number of likely N-dealkylation sites (N-methyl/N-ethyl adjacent to an activating group) is 1. The molecular formula is C9H15NO. The lowest BCUT2D eigenvalue weighted by Gasteiger charge is -2.16. The first-order valence-corrected chi connectivity index (χ1v) is 3.93. The molecule has 0 bridgehead atoms. The lowest BCUT2D eigenvalue weighted by atomic mass is 10.1. The predicted molar refractivity (Wildman–Crippen MR) is 46.5 cm³/mol. The highest BCUT2D eigenvalue weighted by molar-refractivity contribution is 5.06. The third-order valence-electron chi connectivity index (χ3n) is 1.74. The van der Waals surface area contributed by atoms with Gasteiger partial charge in [-0.05, 0) is 19.0 Å². The van der Waals surface area contributed by atoms with Crippen LogP contribution in [0.25, 0.3) is 0 Å². The zero-order valence-corrected chi connectivity index (χ0v) is 7.12. The number of nitrogens with zero attached hydrogens (tertiary/aromatic N) is 1. The zero-order chi connectivity index (χ0) is 8.27. The molecule has 0 saturated heterocycles. The molecule has 1 atom stereocenters. The van der Waals surface area contributed by atoms with Crippen molar-refractivity contribution in [1.82, 2.24) is 4.90 Å². The summed E-state index contributed by atoms with van der Waals surface area (Å²) in [7, 11) is 1.99. The summed E-state index contributed by atoms with van der Waals surface area (Å²) >= 11 is 0. The monoisotopic (exact) mass is 153 g/mol. The number of hydrogen-bond acceptors (Lipinski definition) is 2. The van der Waals surface area contributed by atoms with E-state index in [4.69, 9.17) is 0 Å². The fourth-order valence-corrected chi connectivity index (χ4v) is 1.21. The van der Waals surface area contributed by atoms with Crippen LogP contribution >= 0.6 is 0 Å². The molecule has 0 radical (unpaired) electrons. The molecule has 1 heterocycles. The van der Waals surface area contributed by atoms with Gasteiger partial charge in [-0.15, -0.1) is 0 Å². The van der Waals surface area contributed by atoms with E-state index in [-0.39, 0.29) is 0 Å². The van der Waals surface area contributed by atoms with Gasteiger partial charge in [0.15, 0.2) is 0 Å². The normalized spacial score (nSPS) is 27.5. The fourth-order valence-electron chi connectivity index (χ4n) is 1.21. The van der Waals surface area contributed by atoms with E-state index in [0.717, 1.165) is 6.54 Å². The molecule has 2 nitrogen and oxygen atoms in total. The fraction of sp³-hybridized carbons (Fsp3) is 0.556. The van der Waals surface area contributed by atoms with Gasteiger partial charge in [0.05, 0.1) is 6.54 Å². The first-order valence-electron chi connectivity index (χ1n) is 3.93. The Labute approximate surface area is 67.8 Å². The van der Waals surface area contributed by atoms with Crippen molar-refractivity contribution in [1.29, 1.82) is 0 Å². The molecule has 1 N–H and O–H groups in total. The van der Waals surface area contributed by atoms with E-state index in [1.807, 2.05) is 13.1 Å². The zero-order valence-electron chi connectivity index (χ0n) is 7.12. The van der Waals surface area contributed by atoms with Crippen LogP contribution in [0.5, 0.6) is 0 Å². The summed E-state index contributed by atoms with van der Waals surface area (Å²) in [5.74, 6) is 0.841. The summed E-state index contributed by atoms with van der Waals surface area (Å²) in [5.41, 5.74) is 0. The average molecular weight is 153 g/mol. The van der Waals surface area contributed by atoms with Crippen LogP contribution in [-0.4, -0.2) is 30.1 Å². The number of allylic oxidation sites excluding steroid dienone is 2. The highest BCUT2D eigenvalue weighted by Gasteiger charge is 2.04. The van der Waals surface area contributed by atoms with Crippen molar-refractivity contribution >= 4 is 0 Å². The third kappa shape index (κ3) is 2.76. The number of aliphatic hydroxyl groups is 1. The van der Waals surface area contributed by atoms with Crippen LogP contribution in [0.3, 0.4) is 0 Å². The van der Waals surface area contributed by atoms with Gasteiger partial charge in [0.1, 0.15) is 5.76 Å². The van der Waals surface area contributed by atoms with Crippen molar-refractivity contribution in [3.05, 3.63) is 24.0 Å². The van der Waals surface area contributed by atoms with E-state index in [1.165, 1.54) is 0 Å². The summed E-state index contributed by atoms with van der Waals surface area (Å²) in [5, 5.41) is 9.34. The Morgan fingerprint density at radius 2 is 2.36 bits per heavy atom. The molecule has 0 aliphatic carbocycles. The molecule has 11 heavy (non-hydrogen) atoms. The number of rotatable bonds is 0. The molecule has 0 saturated carbocycles. The summed E-state index contributed by atoms with van der Waals surface area (Å²) in [6.45, 7) is 3.65. The van der Waals surface area contributed by atoms with Crippen molar-refractivity contribution in [3.63, 3.8) is 0 Å². The number of aliphatic hydroxyl groups excluding tert-OH is 1. The molecule has 2 heteroatoms. The van der Waals surface area contributed by atoms with Crippen molar-refractivity contribution < 1.29 is 5.11 Å². The Bertz CT molecular complexity index is 184. The molecule has 62 valence electrons. The van der Waals surface area contributed by atoms with Gasteiger partial charge in [0, 0.05) is 6.54 Å². The van der Waals surface area contributed by atoms with E-state index >= 15 is 0 Å². The largest absolute Gasteiger partial charge is 0.511 e. The Morgan fingerprint density at radius 3 is 3.09 bits per heavy atom. The molecule has 1 aliphatic heterocycles. The summed E-state index contributed by atoms with van der Waals surface area (Å²) < 4.78 is 0. The highest BCUT2D eigenvalue weighted by Crippen LogP contribution is 2.07. The smallest absolute Gasteiger partial charge is 0.103 e. The van der Waals surface area contributed by atoms with Crippen LogP contribution in [-0.2, 0) is 0 Å². The number of hydrogen-bond donors (Lipinski definition) is 1. The minimum absolute atomic E-state index is 0.365. The molecule has 1 rings (SSSR count). The van der Waals surface area contributed by atoms with E-state index in [1.54, 1.807) is 0 Å². The van der Waals surface area contributed by atoms with Crippen LogP contribution in [0.15, 0.2) is 24.0 Å². The lowest BCUT2D eigenvalue weighted by Crippen LogP contribution is -2.22. The maximum absolute atomic E-state index is 9.34. The molecule has 0 aromatic carbocycles. The Kier molecular flexibility index (Phi) is 2.71. The van der Waals surface area contributed by atoms with Crippen molar-refractivity contribution in [3.8, 4) is 0 Å². The highest BCUT2D eigenvalue weighted by atomic mass is 16.3. The molecule has 0 aromatic rings. The van der Waals surface area contributed by atoms with Gasteiger partial charge in [0.2, 0.25) is 0 Å². The standard InChI is InChI=1S/C9H15NO/c1-8-4-3-5-10(2)7-9(11)6-8/h3-4,6,8,11H,5,7H2,1-2H3. The predicted octanol–water partition coefficient (Wildman–Crippen LogP) is 1.57. The molecule has 1 aliphatic rings. The average Bonchev–Trinajstić information content (AvgIpc) is 1.83. The van der Waals surface area contributed by atoms with Gasteiger partial charge in [-0.3, -0.25) is 4.90 Å². The lowest BCUT2D eigenvalue weighted by molar-refractivity contribution is 0.302. The second-order valence-corrected chi connectivity index (χ2v) is 3.14. The van der Waals surface area contributed by atoms with Crippen LogP contribution in [0.1, 0.15) is 6.92 Å². The minimum atomic E-state index is 0.365. The van der Waals surface area contributed by atoms with Gasteiger partial charge < -0.3 is 5.11 Å². The van der Waals surface area contributed by atoms with E-state index in [9.17, 15) is 5.11 Å². The van der Waals surface area contributed by atoms with Gasteiger partial charge in [-0.25, -0.2) is 0 Å².